The Morgan fingerprint density at radius 3 is 2.47 bits per heavy atom. The fourth-order valence-electron chi connectivity index (χ4n) is 1.82. The number of fused-ring (bicyclic) bond motifs is 1. The molecule has 0 bridgehead atoms. The predicted molar refractivity (Wildman–Crippen MR) is 60.1 cm³/mol. The summed E-state index contributed by atoms with van der Waals surface area (Å²) in [4.78, 5) is 3.99. The van der Waals surface area contributed by atoms with Crippen LogP contribution in [0.4, 0.5) is 18.9 Å². The highest BCUT2D eigenvalue weighted by Crippen LogP contribution is 2.29. The number of aromatic nitrogens is 1. The van der Waals surface area contributed by atoms with Gasteiger partial charge < -0.3 is 5.73 Å². The molecule has 0 aliphatic heterocycles. The molecule has 0 fully saturated rings. The van der Waals surface area contributed by atoms with Gasteiger partial charge >= 0.3 is 0 Å². The lowest BCUT2D eigenvalue weighted by Crippen LogP contribution is -2.04. The van der Waals surface area contributed by atoms with Gasteiger partial charge in [-0.15, -0.1) is 0 Å². The lowest BCUT2D eigenvalue weighted by atomic mass is 10.1. The van der Waals surface area contributed by atoms with Gasteiger partial charge in [-0.25, -0.2) is 18.2 Å². The van der Waals surface area contributed by atoms with Crippen molar-refractivity contribution in [3.63, 3.8) is 0 Å². The first-order valence-corrected chi connectivity index (χ1v) is 5.19. The highest BCUT2D eigenvalue weighted by molar-refractivity contribution is 5.92. The van der Waals surface area contributed by atoms with Crippen LogP contribution in [0.15, 0.2) is 6.07 Å². The van der Waals surface area contributed by atoms with Crippen molar-refractivity contribution in [3.8, 4) is 0 Å². The third-order valence-electron chi connectivity index (χ3n) is 2.85. The van der Waals surface area contributed by atoms with E-state index in [4.69, 9.17) is 5.73 Å². The van der Waals surface area contributed by atoms with Crippen LogP contribution in [0.1, 0.15) is 18.2 Å². The molecule has 1 aromatic carbocycles. The number of benzene rings is 1. The van der Waals surface area contributed by atoms with Crippen LogP contribution >= 0.6 is 0 Å². The number of aryl methyl sites for hydroxylation is 1. The molecule has 0 saturated heterocycles. The average molecular weight is 240 g/mol. The first kappa shape index (κ1) is 11.7. The number of hydrogen-bond donors (Lipinski definition) is 1. The van der Waals surface area contributed by atoms with Crippen LogP contribution in [0.25, 0.3) is 10.9 Å². The van der Waals surface area contributed by atoms with E-state index in [1.807, 2.05) is 6.92 Å². The molecule has 0 radical (unpaired) electrons. The zero-order valence-corrected chi connectivity index (χ0v) is 9.44. The van der Waals surface area contributed by atoms with E-state index in [1.165, 1.54) is 0 Å². The summed E-state index contributed by atoms with van der Waals surface area (Å²) in [5.74, 6) is -4.07. The van der Waals surface area contributed by atoms with E-state index < -0.39 is 17.5 Å². The van der Waals surface area contributed by atoms with Crippen LogP contribution in [-0.2, 0) is 6.42 Å². The number of halogens is 3. The number of nitrogens with two attached hydrogens (primary N) is 1. The summed E-state index contributed by atoms with van der Waals surface area (Å²) >= 11 is 0. The van der Waals surface area contributed by atoms with Crippen LogP contribution in [0.5, 0.6) is 0 Å². The Kier molecular flexibility index (Phi) is 2.69. The van der Waals surface area contributed by atoms with Gasteiger partial charge in [-0.2, -0.15) is 0 Å². The summed E-state index contributed by atoms with van der Waals surface area (Å²) in [6, 6.07) is 0.877. The lowest BCUT2D eigenvalue weighted by Gasteiger charge is -2.11. The third-order valence-corrected chi connectivity index (χ3v) is 2.85. The molecule has 2 N–H and O–H groups in total. The van der Waals surface area contributed by atoms with Crippen LogP contribution in [0, 0.1) is 24.4 Å². The monoisotopic (exact) mass is 240 g/mol. The van der Waals surface area contributed by atoms with E-state index in [0.717, 1.165) is 6.07 Å². The average Bonchev–Trinajstić information content (AvgIpc) is 2.32. The maximum absolute atomic E-state index is 13.6. The van der Waals surface area contributed by atoms with Gasteiger partial charge in [0.25, 0.3) is 0 Å². The second-order valence-electron chi connectivity index (χ2n) is 3.83. The molecule has 0 unspecified atom stereocenters. The van der Waals surface area contributed by atoms with Crippen molar-refractivity contribution >= 4 is 16.6 Å². The SMILES string of the molecule is CCc1nc2c(F)c(F)c(F)cc2c(N)c1C. The van der Waals surface area contributed by atoms with Gasteiger partial charge in [0, 0.05) is 16.8 Å². The fourth-order valence-corrected chi connectivity index (χ4v) is 1.82. The van der Waals surface area contributed by atoms with Crippen molar-refractivity contribution in [2.75, 3.05) is 5.73 Å². The molecular weight excluding hydrogens is 229 g/mol. The highest BCUT2D eigenvalue weighted by Gasteiger charge is 2.18. The van der Waals surface area contributed by atoms with Gasteiger partial charge in [0.05, 0.1) is 0 Å². The molecule has 90 valence electrons. The number of hydrogen-bond acceptors (Lipinski definition) is 2. The number of nitrogen functional groups attached to an aromatic ring is 1. The Morgan fingerprint density at radius 2 is 1.88 bits per heavy atom. The predicted octanol–water partition coefficient (Wildman–Crippen LogP) is 3.11. The number of nitrogens with zero attached hydrogens (tertiary/aromatic N) is 1. The number of pyridine rings is 1. The molecule has 0 amide bonds. The first-order valence-electron chi connectivity index (χ1n) is 5.19. The second-order valence-corrected chi connectivity index (χ2v) is 3.83. The maximum Gasteiger partial charge on any atom is 0.196 e. The molecule has 0 saturated carbocycles. The van der Waals surface area contributed by atoms with Gasteiger partial charge in [0.2, 0.25) is 0 Å². The molecule has 2 aromatic rings. The number of anilines is 1. The maximum atomic E-state index is 13.6. The summed E-state index contributed by atoms with van der Waals surface area (Å²) in [6.07, 6.45) is 0.546. The van der Waals surface area contributed by atoms with Crippen molar-refractivity contribution in [1.82, 2.24) is 4.98 Å². The molecule has 5 heteroatoms. The molecule has 0 atom stereocenters. The topological polar surface area (TPSA) is 38.9 Å². The summed E-state index contributed by atoms with van der Waals surface area (Å²) in [5.41, 5.74) is 7.06. The Morgan fingerprint density at radius 1 is 1.24 bits per heavy atom. The zero-order valence-electron chi connectivity index (χ0n) is 9.44. The van der Waals surface area contributed by atoms with Crippen molar-refractivity contribution in [1.29, 1.82) is 0 Å². The standard InChI is InChI=1S/C12H11F3N2/c1-3-8-5(2)11(16)6-4-7(13)9(14)10(15)12(6)17-8/h4H,3H2,1-2H3,(H2,16,17). The van der Waals surface area contributed by atoms with Gasteiger partial charge in [-0.3, -0.25) is 0 Å². The van der Waals surface area contributed by atoms with Crippen molar-refractivity contribution in [2.24, 2.45) is 0 Å². The van der Waals surface area contributed by atoms with Gasteiger partial charge in [0.15, 0.2) is 17.5 Å². The van der Waals surface area contributed by atoms with E-state index in [1.54, 1.807) is 6.92 Å². The molecule has 0 aliphatic rings. The van der Waals surface area contributed by atoms with Gasteiger partial charge in [-0.1, -0.05) is 6.92 Å². The molecule has 17 heavy (non-hydrogen) atoms. The van der Waals surface area contributed by atoms with Crippen LogP contribution < -0.4 is 5.73 Å². The van der Waals surface area contributed by atoms with E-state index in [2.05, 4.69) is 4.98 Å². The summed E-state index contributed by atoms with van der Waals surface area (Å²) in [6.45, 7) is 3.55. The van der Waals surface area contributed by atoms with Crippen LogP contribution in [0.2, 0.25) is 0 Å². The van der Waals surface area contributed by atoms with E-state index in [-0.39, 0.29) is 16.6 Å². The first-order chi connectivity index (χ1) is 7.97. The van der Waals surface area contributed by atoms with Crippen LogP contribution in [-0.4, -0.2) is 4.98 Å². The summed E-state index contributed by atoms with van der Waals surface area (Å²) in [5, 5.41) is 0.108. The minimum atomic E-state index is -1.52. The van der Waals surface area contributed by atoms with Gasteiger partial charge in [-0.05, 0) is 25.0 Å². The quantitative estimate of drug-likeness (QED) is 0.778. The normalized spacial score (nSPS) is 11.1. The number of rotatable bonds is 1. The highest BCUT2D eigenvalue weighted by atomic mass is 19.2. The Labute approximate surface area is 96.3 Å². The molecule has 0 spiro atoms. The minimum absolute atomic E-state index is 0.108. The molecule has 2 nitrogen and oxygen atoms in total. The molecule has 1 aromatic heterocycles. The third kappa shape index (κ3) is 1.62. The summed E-state index contributed by atoms with van der Waals surface area (Å²) in [7, 11) is 0. The van der Waals surface area contributed by atoms with Gasteiger partial charge in [0.1, 0.15) is 5.52 Å². The second kappa shape index (κ2) is 3.91. The largest absolute Gasteiger partial charge is 0.398 e. The van der Waals surface area contributed by atoms with Crippen molar-refractivity contribution in [3.05, 3.63) is 34.8 Å². The molecule has 1 heterocycles. The lowest BCUT2D eigenvalue weighted by molar-refractivity contribution is 0.452. The van der Waals surface area contributed by atoms with Crippen molar-refractivity contribution < 1.29 is 13.2 Å². The van der Waals surface area contributed by atoms with Crippen molar-refractivity contribution in [2.45, 2.75) is 20.3 Å². The Hall–Kier alpha value is -1.78. The minimum Gasteiger partial charge on any atom is -0.398 e. The smallest absolute Gasteiger partial charge is 0.196 e. The fraction of sp³-hybridized carbons (Fsp3) is 0.250. The molecule has 0 aliphatic carbocycles. The van der Waals surface area contributed by atoms with E-state index >= 15 is 0 Å². The zero-order chi connectivity index (χ0) is 12.7. The van der Waals surface area contributed by atoms with Crippen LogP contribution in [0.3, 0.4) is 0 Å². The summed E-state index contributed by atoms with van der Waals surface area (Å²) < 4.78 is 39.8. The Bertz CT molecular complexity index is 609. The Balaban J connectivity index is 2.97. The molecule has 2 rings (SSSR count). The molecular formula is C12H11F3N2. The van der Waals surface area contributed by atoms with E-state index in [9.17, 15) is 13.2 Å². The van der Waals surface area contributed by atoms with E-state index in [0.29, 0.717) is 17.7 Å².